The number of nitrogens with two attached hydrogens (primary N) is 1. The van der Waals surface area contributed by atoms with Crippen molar-refractivity contribution in [3.05, 3.63) is 56.0 Å². The molecule has 1 aliphatic carbocycles. The smallest absolute Gasteiger partial charge is 0.322 e. The fourth-order valence-electron chi connectivity index (χ4n) is 2.27. The average molecular weight is 364 g/mol. The zero-order chi connectivity index (χ0) is 17.1. The number of aromatic nitrogens is 1. The quantitative estimate of drug-likeness (QED) is 0.443. The third kappa shape index (κ3) is 4.24. The third-order valence-electron chi connectivity index (χ3n) is 3.67. The molecular formula is C15H16N4O3S2. The number of thiazole rings is 1. The molecule has 0 bridgehead atoms. The molecule has 2 amide bonds. The van der Waals surface area contributed by atoms with E-state index in [2.05, 4.69) is 9.71 Å². The van der Waals surface area contributed by atoms with Crippen LogP contribution in [0.25, 0.3) is 0 Å². The minimum Gasteiger partial charge on any atom is -0.351 e. The van der Waals surface area contributed by atoms with E-state index in [4.69, 9.17) is 5.73 Å². The van der Waals surface area contributed by atoms with E-state index < -0.39 is 11.0 Å². The van der Waals surface area contributed by atoms with Gasteiger partial charge in [0, 0.05) is 23.4 Å². The van der Waals surface area contributed by atoms with Crippen molar-refractivity contribution in [3.63, 3.8) is 0 Å². The Kier molecular flexibility index (Phi) is 5.00. The standard InChI is InChI=1S/C15H16N4O3S2/c16-15(20)18-24-13(12-8-23-14(17-12)10-3-4-10)7-9-1-5-11(6-2-9)19(21)22/h1-2,5-6,8,10,13H,3-4,7H2,(H3,16,18,20). The summed E-state index contributed by atoms with van der Waals surface area (Å²) in [6, 6.07) is 5.81. The summed E-state index contributed by atoms with van der Waals surface area (Å²) < 4.78 is 2.56. The predicted molar refractivity (Wildman–Crippen MR) is 93.9 cm³/mol. The molecule has 0 spiro atoms. The van der Waals surface area contributed by atoms with Gasteiger partial charge in [0.25, 0.3) is 5.69 Å². The number of amides is 2. The molecule has 24 heavy (non-hydrogen) atoms. The number of carbonyl (C=O) groups excluding carboxylic acids is 1. The van der Waals surface area contributed by atoms with Crippen LogP contribution < -0.4 is 10.5 Å². The number of benzene rings is 1. The number of nitro benzene ring substituents is 1. The van der Waals surface area contributed by atoms with Crippen molar-refractivity contribution in [3.8, 4) is 0 Å². The van der Waals surface area contributed by atoms with Crippen molar-refractivity contribution in [2.24, 2.45) is 5.73 Å². The maximum atomic E-state index is 11.0. The Morgan fingerprint density at radius 3 is 2.75 bits per heavy atom. The normalized spacial score (nSPS) is 15.0. The van der Waals surface area contributed by atoms with Crippen LogP contribution in [-0.4, -0.2) is 15.9 Å². The molecule has 0 radical (unpaired) electrons. The Balaban J connectivity index is 1.75. The number of carbonyl (C=O) groups is 1. The first kappa shape index (κ1) is 16.7. The maximum absolute atomic E-state index is 11.0. The Bertz CT molecular complexity index is 743. The molecule has 1 fully saturated rings. The van der Waals surface area contributed by atoms with E-state index in [1.807, 2.05) is 5.38 Å². The molecule has 3 rings (SSSR count). The van der Waals surface area contributed by atoms with Crippen LogP contribution in [0.5, 0.6) is 0 Å². The molecule has 9 heteroatoms. The summed E-state index contributed by atoms with van der Waals surface area (Å²) in [7, 11) is 0. The molecule has 1 aromatic carbocycles. The molecule has 1 aliphatic rings. The second-order valence-corrected chi connectivity index (χ2v) is 7.48. The Labute approximate surface area is 146 Å². The van der Waals surface area contributed by atoms with Crippen molar-refractivity contribution in [1.82, 2.24) is 9.71 Å². The van der Waals surface area contributed by atoms with Crippen LogP contribution in [0.1, 0.15) is 40.3 Å². The van der Waals surface area contributed by atoms with Crippen LogP contribution >= 0.6 is 23.3 Å². The lowest BCUT2D eigenvalue weighted by Crippen LogP contribution is -2.24. The Hall–Kier alpha value is -2.13. The van der Waals surface area contributed by atoms with Gasteiger partial charge in [0.15, 0.2) is 0 Å². The van der Waals surface area contributed by atoms with Gasteiger partial charge in [-0.05, 0) is 36.8 Å². The van der Waals surface area contributed by atoms with Crippen molar-refractivity contribution in [2.75, 3.05) is 0 Å². The van der Waals surface area contributed by atoms with Crippen LogP contribution in [0.2, 0.25) is 0 Å². The molecule has 2 aromatic rings. The highest BCUT2D eigenvalue weighted by Gasteiger charge is 2.28. The van der Waals surface area contributed by atoms with Crippen LogP contribution in [0, 0.1) is 10.1 Å². The highest BCUT2D eigenvalue weighted by Crippen LogP contribution is 2.43. The summed E-state index contributed by atoms with van der Waals surface area (Å²) in [6.45, 7) is 0. The number of hydrogen-bond donors (Lipinski definition) is 2. The van der Waals surface area contributed by atoms with E-state index in [1.165, 1.54) is 36.9 Å². The molecule has 126 valence electrons. The molecule has 7 nitrogen and oxygen atoms in total. The maximum Gasteiger partial charge on any atom is 0.322 e. The first-order chi connectivity index (χ1) is 11.5. The second kappa shape index (κ2) is 7.18. The average Bonchev–Trinajstić information content (AvgIpc) is 3.29. The van der Waals surface area contributed by atoms with E-state index in [0.29, 0.717) is 12.3 Å². The molecule has 0 aliphatic heterocycles. The Morgan fingerprint density at radius 2 is 2.17 bits per heavy atom. The fourth-order valence-corrected chi connectivity index (χ4v) is 4.18. The van der Waals surface area contributed by atoms with Crippen LogP contribution in [0.4, 0.5) is 10.5 Å². The van der Waals surface area contributed by atoms with Crippen molar-refractivity contribution in [1.29, 1.82) is 0 Å². The number of nitro groups is 1. The third-order valence-corrected chi connectivity index (χ3v) is 5.70. The van der Waals surface area contributed by atoms with E-state index in [1.54, 1.807) is 23.5 Å². The lowest BCUT2D eigenvalue weighted by molar-refractivity contribution is -0.384. The number of nitrogens with zero attached hydrogens (tertiary/aromatic N) is 2. The monoisotopic (exact) mass is 364 g/mol. The lowest BCUT2D eigenvalue weighted by atomic mass is 10.1. The molecule has 1 unspecified atom stereocenters. The Morgan fingerprint density at radius 1 is 1.46 bits per heavy atom. The fraction of sp³-hybridized carbons (Fsp3) is 0.333. The summed E-state index contributed by atoms with van der Waals surface area (Å²) in [6.07, 6.45) is 2.97. The number of nitrogens with one attached hydrogen (secondary N) is 1. The molecule has 3 N–H and O–H groups in total. The van der Waals surface area contributed by atoms with Crippen molar-refractivity contribution < 1.29 is 9.72 Å². The highest BCUT2D eigenvalue weighted by atomic mass is 32.2. The van der Waals surface area contributed by atoms with E-state index in [-0.39, 0.29) is 10.9 Å². The summed E-state index contributed by atoms with van der Waals surface area (Å²) in [5, 5.41) is 13.8. The van der Waals surface area contributed by atoms with Gasteiger partial charge in [-0.25, -0.2) is 9.78 Å². The summed E-state index contributed by atoms with van der Waals surface area (Å²) in [4.78, 5) is 26.0. The van der Waals surface area contributed by atoms with Gasteiger partial charge in [0.1, 0.15) is 0 Å². The summed E-state index contributed by atoms with van der Waals surface area (Å²) in [5.41, 5.74) is 7.06. The van der Waals surface area contributed by atoms with Gasteiger partial charge < -0.3 is 5.73 Å². The zero-order valence-corrected chi connectivity index (χ0v) is 14.3. The molecule has 1 saturated carbocycles. The van der Waals surface area contributed by atoms with Gasteiger partial charge in [0.2, 0.25) is 0 Å². The van der Waals surface area contributed by atoms with Crippen LogP contribution in [0.3, 0.4) is 0 Å². The highest BCUT2D eigenvalue weighted by molar-refractivity contribution is 7.98. The minimum atomic E-state index is -0.605. The molecule has 1 aromatic heterocycles. The molecule has 0 saturated heterocycles. The van der Waals surface area contributed by atoms with Gasteiger partial charge in [-0.3, -0.25) is 14.8 Å². The zero-order valence-electron chi connectivity index (χ0n) is 12.7. The lowest BCUT2D eigenvalue weighted by Gasteiger charge is -2.14. The van der Waals surface area contributed by atoms with Gasteiger partial charge in [-0.15, -0.1) is 11.3 Å². The summed E-state index contributed by atoms with van der Waals surface area (Å²) in [5.74, 6) is 0.581. The van der Waals surface area contributed by atoms with E-state index in [9.17, 15) is 14.9 Å². The number of hydrogen-bond acceptors (Lipinski definition) is 6. The van der Waals surface area contributed by atoms with Crippen LogP contribution in [0.15, 0.2) is 29.6 Å². The first-order valence-electron chi connectivity index (χ1n) is 7.42. The molecule has 1 heterocycles. The SMILES string of the molecule is NC(=O)NSC(Cc1ccc([N+](=O)[O-])cc1)c1csc(C2CC2)n1. The van der Waals surface area contributed by atoms with Gasteiger partial charge in [0.05, 0.1) is 20.9 Å². The van der Waals surface area contributed by atoms with Gasteiger partial charge in [-0.1, -0.05) is 12.1 Å². The first-order valence-corrected chi connectivity index (χ1v) is 9.18. The molecular weight excluding hydrogens is 348 g/mol. The number of urea groups is 1. The van der Waals surface area contributed by atoms with Gasteiger partial charge >= 0.3 is 6.03 Å². The van der Waals surface area contributed by atoms with E-state index in [0.717, 1.165) is 16.3 Å². The number of primary amides is 1. The largest absolute Gasteiger partial charge is 0.351 e. The second-order valence-electron chi connectivity index (χ2n) is 5.59. The van der Waals surface area contributed by atoms with Crippen molar-refractivity contribution >= 4 is 35.0 Å². The van der Waals surface area contributed by atoms with Crippen molar-refractivity contribution in [2.45, 2.75) is 30.4 Å². The van der Waals surface area contributed by atoms with Crippen LogP contribution in [-0.2, 0) is 6.42 Å². The number of non-ortho nitro benzene ring substituents is 1. The minimum absolute atomic E-state index is 0.0582. The van der Waals surface area contributed by atoms with Gasteiger partial charge in [-0.2, -0.15) is 0 Å². The predicted octanol–water partition coefficient (Wildman–Crippen LogP) is 3.53. The summed E-state index contributed by atoms with van der Waals surface area (Å²) >= 11 is 2.86. The number of rotatable bonds is 7. The van der Waals surface area contributed by atoms with E-state index >= 15 is 0 Å². The molecule has 1 atom stereocenters. The topological polar surface area (TPSA) is 111 Å².